The second-order valence-electron chi connectivity index (χ2n) is 7.39. The molecule has 0 N–H and O–H groups in total. The predicted molar refractivity (Wildman–Crippen MR) is 82.5 cm³/mol. The van der Waals surface area contributed by atoms with E-state index in [1.54, 1.807) is 24.3 Å². The highest BCUT2D eigenvalue weighted by Crippen LogP contribution is 2.64. The van der Waals surface area contributed by atoms with Gasteiger partial charge in [-0.2, -0.15) is 5.26 Å². The van der Waals surface area contributed by atoms with Crippen LogP contribution in [0.3, 0.4) is 0 Å². The molecule has 1 aromatic carbocycles. The summed E-state index contributed by atoms with van der Waals surface area (Å²) in [6.45, 7) is 0. The molecule has 0 aromatic heterocycles. The molecule has 3 nitrogen and oxygen atoms in total. The number of rotatable bonds is 2. The average Bonchev–Trinajstić information content (AvgIpc) is 2.45. The highest BCUT2D eigenvalue weighted by Gasteiger charge is 2.60. The minimum Gasteiger partial charge on any atom is -0.425 e. The van der Waals surface area contributed by atoms with Gasteiger partial charge in [-0.25, -0.2) is 0 Å². The number of para-hydroxylation sites is 1. The molecule has 4 atom stereocenters. The fourth-order valence-corrected chi connectivity index (χ4v) is 5.94. The Bertz CT molecular complexity index is 664. The number of esters is 1. The smallest absolute Gasteiger partial charge is 0.317 e. The van der Waals surface area contributed by atoms with Crippen molar-refractivity contribution in [2.45, 2.75) is 43.4 Å². The van der Waals surface area contributed by atoms with Gasteiger partial charge in [0.15, 0.2) is 0 Å². The number of ether oxygens (including phenoxy) is 1. The number of nitriles is 1. The molecule has 4 saturated carbocycles. The lowest BCUT2D eigenvalue weighted by Gasteiger charge is -2.58. The molecule has 0 heterocycles. The van der Waals surface area contributed by atoms with Crippen molar-refractivity contribution in [1.29, 1.82) is 5.26 Å². The zero-order chi connectivity index (χ0) is 15.4. The van der Waals surface area contributed by atoms with E-state index in [4.69, 9.17) is 21.6 Å². The van der Waals surface area contributed by atoms with Crippen LogP contribution < -0.4 is 4.74 Å². The SMILES string of the molecule is N#Cc1ccccc1OC(=O)C12C[C@@H]3C[C@@H](CC(Cl)(C3)C1)C2. The molecule has 22 heavy (non-hydrogen) atoms. The number of alkyl halides is 1. The van der Waals surface area contributed by atoms with Gasteiger partial charge in [0.25, 0.3) is 0 Å². The van der Waals surface area contributed by atoms with Crippen LogP contribution in [0.1, 0.15) is 44.1 Å². The molecule has 2 unspecified atom stereocenters. The number of halogens is 1. The highest BCUT2D eigenvalue weighted by molar-refractivity contribution is 6.24. The van der Waals surface area contributed by atoms with E-state index >= 15 is 0 Å². The molecule has 4 heteroatoms. The zero-order valence-corrected chi connectivity index (χ0v) is 13.1. The lowest BCUT2D eigenvalue weighted by Crippen LogP contribution is -2.56. The van der Waals surface area contributed by atoms with Gasteiger partial charge in [-0.05, 0) is 62.5 Å². The van der Waals surface area contributed by atoms with Crippen LogP contribution in [0.25, 0.3) is 0 Å². The van der Waals surface area contributed by atoms with E-state index in [1.165, 1.54) is 6.42 Å². The highest BCUT2D eigenvalue weighted by atomic mass is 35.5. The van der Waals surface area contributed by atoms with Crippen molar-refractivity contribution in [3.05, 3.63) is 29.8 Å². The third-order valence-corrected chi connectivity index (χ3v) is 6.08. The fourth-order valence-electron chi connectivity index (χ4n) is 5.25. The normalized spacial score (nSPS) is 38.5. The number of benzene rings is 1. The Morgan fingerprint density at radius 2 is 1.91 bits per heavy atom. The first kappa shape index (κ1) is 14.1. The summed E-state index contributed by atoms with van der Waals surface area (Å²) in [7, 11) is 0. The summed E-state index contributed by atoms with van der Waals surface area (Å²) >= 11 is 6.77. The summed E-state index contributed by atoms with van der Waals surface area (Å²) in [5.41, 5.74) is -0.0323. The van der Waals surface area contributed by atoms with Crippen LogP contribution in [0.4, 0.5) is 0 Å². The summed E-state index contributed by atoms with van der Waals surface area (Å²) in [6.07, 6.45) is 5.79. The van der Waals surface area contributed by atoms with Gasteiger partial charge in [0.2, 0.25) is 0 Å². The van der Waals surface area contributed by atoms with E-state index < -0.39 is 5.41 Å². The Kier molecular flexibility index (Phi) is 3.03. The van der Waals surface area contributed by atoms with E-state index in [2.05, 4.69) is 6.07 Å². The van der Waals surface area contributed by atoms with Gasteiger partial charge in [-0.3, -0.25) is 4.79 Å². The second kappa shape index (κ2) is 4.73. The molecular formula is C18H18ClNO2. The Morgan fingerprint density at radius 3 is 2.55 bits per heavy atom. The van der Waals surface area contributed by atoms with E-state index in [-0.39, 0.29) is 10.8 Å². The molecule has 4 aliphatic carbocycles. The molecule has 0 radical (unpaired) electrons. The Balaban J connectivity index is 1.62. The first-order valence-corrected chi connectivity index (χ1v) is 8.30. The molecule has 114 valence electrons. The van der Waals surface area contributed by atoms with Crippen LogP contribution in [0, 0.1) is 28.6 Å². The molecule has 4 aliphatic rings. The minimum atomic E-state index is -0.436. The summed E-state index contributed by atoms with van der Waals surface area (Å²) < 4.78 is 5.65. The maximum Gasteiger partial charge on any atom is 0.317 e. The monoisotopic (exact) mass is 315 g/mol. The summed E-state index contributed by atoms with van der Waals surface area (Å²) in [6, 6.07) is 8.99. The predicted octanol–water partition coefficient (Wildman–Crippen LogP) is 4.04. The largest absolute Gasteiger partial charge is 0.425 e. The minimum absolute atomic E-state index is 0.186. The lowest BCUT2D eigenvalue weighted by atomic mass is 9.49. The lowest BCUT2D eigenvalue weighted by molar-refractivity contribution is -0.160. The van der Waals surface area contributed by atoms with Crippen molar-refractivity contribution in [2.75, 3.05) is 0 Å². The van der Waals surface area contributed by atoms with Gasteiger partial charge in [0.05, 0.1) is 11.0 Å². The summed E-state index contributed by atoms with van der Waals surface area (Å²) in [4.78, 5) is 12.7. The topological polar surface area (TPSA) is 50.1 Å². The van der Waals surface area contributed by atoms with E-state index in [1.807, 2.05) is 0 Å². The standard InChI is InChI=1S/C18H18ClNO2/c19-18-8-12-5-13(9-18)7-17(6-12,11-18)16(21)22-15-4-2-1-3-14(15)10-20/h1-4,12-13H,5-9,11H2/t12-,13+,17?,18?. The van der Waals surface area contributed by atoms with Gasteiger partial charge < -0.3 is 4.74 Å². The first-order valence-electron chi connectivity index (χ1n) is 7.92. The molecule has 0 amide bonds. The van der Waals surface area contributed by atoms with E-state index in [0.29, 0.717) is 23.1 Å². The molecule has 0 spiro atoms. The summed E-state index contributed by atoms with van der Waals surface area (Å²) in [5, 5.41) is 9.14. The quantitative estimate of drug-likeness (QED) is 0.470. The number of carbonyl (C=O) groups excluding carboxylic acids is 1. The van der Waals surface area contributed by atoms with E-state index in [9.17, 15) is 4.79 Å². The molecule has 5 rings (SSSR count). The van der Waals surface area contributed by atoms with Crippen molar-refractivity contribution < 1.29 is 9.53 Å². The zero-order valence-electron chi connectivity index (χ0n) is 12.3. The van der Waals surface area contributed by atoms with Crippen LogP contribution >= 0.6 is 11.6 Å². The third-order valence-electron chi connectivity index (χ3n) is 5.63. The van der Waals surface area contributed by atoms with Crippen molar-refractivity contribution in [3.63, 3.8) is 0 Å². The molecule has 0 aliphatic heterocycles. The van der Waals surface area contributed by atoms with Crippen LogP contribution in [0.15, 0.2) is 24.3 Å². The van der Waals surface area contributed by atoms with Crippen molar-refractivity contribution in [3.8, 4) is 11.8 Å². The number of hydrogen-bond acceptors (Lipinski definition) is 3. The molecular weight excluding hydrogens is 298 g/mol. The number of hydrogen-bond donors (Lipinski definition) is 0. The van der Waals surface area contributed by atoms with E-state index in [0.717, 1.165) is 32.1 Å². The van der Waals surface area contributed by atoms with Gasteiger partial charge >= 0.3 is 5.97 Å². The summed E-state index contributed by atoms with van der Waals surface area (Å²) in [5.74, 6) is 1.29. The Labute approximate surface area is 135 Å². The third kappa shape index (κ3) is 2.13. The second-order valence-corrected chi connectivity index (χ2v) is 8.19. The Morgan fingerprint density at radius 1 is 1.23 bits per heavy atom. The Hall–Kier alpha value is -1.53. The van der Waals surface area contributed by atoms with Crippen molar-refractivity contribution in [1.82, 2.24) is 0 Å². The van der Waals surface area contributed by atoms with Gasteiger partial charge in [0.1, 0.15) is 11.8 Å². The maximum absolute atomic E-state index is 12.9. The fraction of sp³-hybridized carbons (Fsp3) is 0.556. The van der Waals surface area contributed by atoms with Crippen LogP contribution in [-0.2, 0) is 4.79 Å². The van der Waals surface area contributed by atoms with Crippen LogP contribution in [0.2, 0.25) is 0 Å². The number of carbonyl (C=O) groups is 1. The van der Waals surface area contributed by atoms with Gasteiger partial charge in [-0.15, -0.1) is 11.6 Å². The number of nitrogens with zero attached hydrogens (tertiary/aromatic N) is 1. The molecule has 0 saturated heterocycles. The first-order chi connectivity index (χ1) is 10.5. The maximum atomic E-state index is 12.9. The molecule has 1 aromatic rings. The van der Waals surface area contributed by atoms with Crippen molar-refractivity contribution >= 4 is 17.6 Å². The van der Waals surface area contributed by atoms with Crippen molar-refractivity contribution in [2.24, 2.45) is 17.3 Å². The van der Waals surface area contributed by atoms with Crippen LogP contribution in [-0.4, -0.2) is 10.8 Å². The average molecular weight is 316 g/mol. The van der Waals surface area contributed by atoms with Gasteiger partial charge in [0, 0.05) is 4.87 Å². The molecule has 4 fully saturated rings. The van der Waals surface area contributed by atoms with Gasteiger partial charge in [-0.1, -0.05) is 12.1 Å². The van der Waals surface area contributed by atoms with Crippen LogP contribution in [0.5, 0.6) is 5.75 Å². The molecule has 4 bridgehead atoms.